The van der Waals surface area contributed by atoms with E-state index in [4.69, 9.17) is 10.2 Å². The number of rotatable bonds is 5. The van der Waals surface area contributed by atoms with E-state index in [1.54, 1.807) is 6.26 Å². The van der Waals surface area contributed by atoms with Crippen molar-refractivity contribution in [1.82, 2.24) is 4.90 Å². The molecule has 1 aliphatic rings. The maximum absolute atomic E-state index is 5.81. The highest BCUT2D eigenvalue weighted by molar-refractivity contribution is 5.35. The van der Waals surface area contributed by atoms with Crippen molar-refractivity contribution in [3.63, 3.8) is 0 Å². The monoisotopic (exact) mass is 284 g/mol. The fraction of sp³-hybridized carbons (Fsp3) is 0.444. The minimum atomic E-state index is 0.0317. The van der Waals surface area contributed by atoms with E-state index >= 15 is 0 Å². The zero-order valence-corrected chi connectivity index (χ0v) is 12.5. The maximum atomic E-state index is 5.81. The van der Waals surface area contributed by atoms with Gasteiger partial charge in [-0.3, -0.25) is 0 Å². The number of benzene rings is 1. The van der Waals surface area contributed by atoms with Gasteiger partial charge in [-0.25, -0.2) is 0 Å². The van der Waals surface area contributed by atoms with E-state index in [1.165, 1.54) is 5.56 Å². The van der Waals surface area contributed by atoms with Crippen LogP contribution in [0.4, 0.5) is 0 Å². The Labute approximate surface area is 126 Å². The van der Waals surface area contributed by atoms with Gasteiger partial charge in [-0.05, 0) is 63.1 Å². The molecule has 0 saturated carbocycles. The molecule has 1 aromatic heterocycles. The molecule has 112 valence electrons. The molecule has 0 unspecified atom stereocenters. The summed E-state index contributed by atoms with van der Waals surface area (Å²) < 4.78 is 5.81. The lowest BCUT2D eigenvalue weighted by Gasteiger charge is -2.41. The Kier molecular flexibility index (Phi) is 4.42. The van der Waals surface area contributed by atoms with E-state index in [-0.39, 0.29) is 5.41 Å². The first-order valence-electron chi connectivity index (χ1n) is 7.87. The van der Waals surface area contributed by atoms with Crippen LogP contribution < -0.4 is 5.73 Å². The van der Waals surface area contributed by atoms with Crippen LogP contribution in [0.15, 0.2) is 53.1 Å². The normalized spacial score (nSPS) is 18.7. The molecule has 2 N–H and O–H groups in total. The van der Waals surface area contributed by atoms with E-state index in [1.807, 2.05) is 6.07 Å². The minimum absolute atomic E-state index is 0.0317. The van der Waals surface area contributed by atoms with Crippen molar-refractivity contribution in [3.8, 4) is 0 Å². The molecule has 0 atom stereocenters. The Morgan fingerprint density at radius 2 is 1.81 bits per heavy atom. The fourth-order valence-corrected chi connectivity index (χ4v) is 3.46. The van der Waals surface area contributed by atoms with E-state index in [9.17, 15) is 0 Å². The molecule has 1 saturated heterocycles. The Hall–Kier alpha value is -1.58. The molecule has 3 rings (SSSR count). The predicted molar refractivity (Wildman–Crippen MR) is 85.3 cm³/mol. The molecular formula is C18H24N2O. The van der Waals surface area contributed by atoms with E-state index in [2.05, 4.69) is 41.3 Å². The fourth-order valence-electron chi connectivity index (χ4n) is 3.46. The van der Waals surface area contributed by atoms with Gasteiger partial charge in [-0.2, -0.15) is 0 Å². The van der Waals surface area contributed by atoms with Crippen molar-refractivity contribution >= 4 is 0 Å². The number of furan rings is 1. The van der Waals surface area contributed by atoms with E-state index in [0.717, 1.165) is 51.2 Å². The average Bonchev–Trinajstić information content (AvgIpc) is 3.09. The Morgan fingerprint density at radius 3 is 2.43 bits per heavy atom. The molecule has 3 nitrogen and oxygen atoms in total. The van der Waals surface area contributed by atoms with Gasteiger partial charge < -0.3 is 15.1 Å². The molecule has 1 fully saturated rings. The van der Waals surface area contributed by atoms with Crippen LogP contribution in [0, 0.1) is 0 Å². The molecule has 0 amide bonds. The van der Waals surface area contributed by atoms with Crippen molar-refractivity contribution in [2.45, 2.75) is 24.7 Å². The molecule has 2 aromatic rings. The summed E-state index contributed by atoms with van der Waals surface area (Å²) in [5, 5.41) is 0. The van der Waals surface area contributed by atoms with Crippen molar-refractivity contribution in [2.75, 3.05) is 26.2 Å². The summed E-state index contributed by atoms with van der Waals surface area (Å²) in [5.41, 5.74) is 7.03. The first kappa shape index (κ1) is 14.4. The highest BCUT2D eigenvalue weighted by atomic mass is 16.3. The van der Waals surface area contributed by atoms with Gasteiger partial charge in [-0.1, -0.05) is 30.3 Å². The lowest BCUT2D eigenvalue weighted by Crippen LogP contribution is -2.43. The first-order valence-corrected chi connectivity index (χ1v) is 7.87. The topological polar surface area (TPSA) is 42.4 Å². The van der Waals surface area contributed by atoms with Crippen molar-refractivity contribution in [3.05, 3.63) is 60.1 Å². The van der Waals surface area contributed by atoms with E-state index in [0.29, 0.717) is 0 Å². The summed E-state index contributed by atoms with van der Waals surface area (Å²) in [6, 6.07) is 14.9. The van der Waals surface area contributed by atoms with Gasteiger partial charge in [0.05, 0.1) is 11.7 Å². The third kappa shape index (κ3) is 2.89. The number of hydrogen-bond acceptors (Lipinski definition) is 3. The summed E-state index contributed by atoms with van der Waals surface area (Å²) in [4.78, 5) is 2.52. The zero-order chi connectivity index (χ0) is 14.5. The molecule has 1 aromatic carbocycles. The third-order valence-corrected chi connectivity index (χ3v) is 4.71. The minimum Gasteiger partial charge on any atom is -0.468 e. The van der Waals surface area contributed by atoms with E-state index < -0.39 is 0 Å². The first-order chi connectivity index (χ1) is 10.3. The Balaban J connectivity index is 1.84. The van der Waals surface area contributed by atoms with Crippen molar-refractivity contribution in [2.24, 2.45) is 5.73 Å². The van der Waals surface area contributed by atoms with Crippen molar-refractivity contribution in [1.29, 1.82) is 0 Å². The molecule has 2 heterocycles. The second-order valence-corrected chi connectivity index (χ2v) is 5.91. The van der Waals surface area contributed by atoms with Gasteiger partial charge in [0.25, 0.3) is 0 Å². The largest absolute Gasteiger partial charge is 0.468 e. The summed E-state index contributed by atoms with van der Waals surface area (Å²) in [7, 11) is 0. The molecule has 0 bridgehead atoms. The zero-order valence-electron chi connectivity index (χ0n) is 12.5. The molecular weight excluding hydrogens is 260 g/mol. The molecule has 0 spiro atoms. The van der Waals surface area contributed by atoms with Crippen LogP contribution in [0.5, 0.6) is 0 Å². The second kappa shape index (κ2) is 6.46. The predicted octanol–water partition coefficient (Wildman–Crippen LogP) is 3.01. The highest BCUT2D eigenvalue weighted by Crippen LogP contribution is 2.41. The number of hydrogen-bond donors (Lipinski definition) is 1. The summed E-state index contributed by atoms with van der Waals surface area (Å²) in [5.74, 6) is 1.10. The van der Waals surface area contributed by atoms with Crippen LogP contribution in [-0.2, 0) is 5.41 Å². The number of likely N-dealkylation sites (tertiary alicyclic amines) is 1. The smallest absolute Gasteiger partial charge is 0.114 e. The molecule has 0 radical (unpaired) electrons. The Morgan fingerprint density at radius 1 is 1.05 bits per heavy atom. The molecule has 0 aliphatic carbocycles. The van der Waals surface area contributed by atoms with Gasteiger partial charge >= 0.3 is 0 Å². The number of nitrogens with two attached hydrogens (primary N) is 1. The van der Waals surface area contributed by atoms with Crippen LogP contribution in [0.1, 0.15) is 30.6 Å². The van der Waals surface area contributed by atoms with Crippen LogP contribution in [0.2, 0.25) is 0 Å². The third-order valence-electron chi connectivity index (χ3n) is 4.71. The van der Waals surface area contributed by atoms with Gasteiger partial charge in [0.1, 0.15) is 5.76 Å². The van der Waals surface area contributed by atoms with Gasteiger partial charge in [0.2, 0.25) is 0 Å². The van der Waals surface area contributed by atoms with Crippen LogP contribution >= 0.6 is 0 Å². The standard InChI is InChI=1S/C18H24N2O/c19-11-5-12-20-13-9-18(10-14-20,17-8-4-15-21-17)16-6-2-1-3-7-16/h1-4,6-8,15H,5,9-14,19H2. The van der Waals surface area contributed by atoms with Crippen LogP contribution in [-0.4, -0.2) is 31.1 Å². The SMILES string of the molecule is NCCCN1CCC(c2ccccc2)(c2ccco2)CC1. The molecule has 1 aliphatic heterocycles. The Bertz CT molecular complexity index is 528. The van der Waals surface area contributed by atoms with Gasteiger partial charge in [-0.15, -0.1) is 0 Å². The number of nitrogens with zero attached hydrogens (tertiary/aromatic N) is 1. The lowest BCUT2D eigenvalue weighted by atomic mass is 9.71. The van der Waals surface area contributed by atoms with Gasteiger partial charge in [0, 0.05) is 0 Å². The lowest BCUT2D eigenvalue weighted by molar-refractivity contribution is 0.164. The summed E-state index contributed by atoms with van der Waals surface area (Å²) in [6.07, 6.45) is 5.09. The summed E-state index contributed by atoms with van der Waals surface area (Å²) >= 11 is 0. The molecule has 21 heavy (non-hydrogen) atoms. The second-order valence-electron chi connectivity index (χ2n) is 5.91. The molecule has 3 heteroatoms. The van der Waals surface area contributed by atoms with Crippen LogP contribution in [0.25, 0.3) is 0 Å². The maximum Gasteiger partial charge on any atom is 0.114 e. The van der Waals surface area contributed by atoms with Gasteiger partial charge in [0.15, 0.2) is 0 Å². The number of piperidine rings is 1. The summed E-state index contributed by atoms with van der Waals surface area (Å²) in [6.45, 7) is 4.10. The quantitative estimate of drug-likeness (QED) is 0.917. The van der Waals surface area contributed by atoms with Crippen LogP contribution in [0.3, 0.4) is 0 Å². The highest BCUT2D eigenvalue weighted by Gasteiger charge is 2.39. The van der Waals surface area contributed by atoms with Crippen molar-refractivity contribution < 1.29 is 4.42 Å². The average molecular weight is 284 g/mol.